The molecule has 2 heteroatoms. The lowest BCUT2D eigenvalue weighted by molar-refractivity contribution is 0.170. The van der Waals surface area contributed by atoms with Crippen LogP contribution in [0.5, 0.6) is 11.5 Å². The molecule has 0 radical (unpaired) electrons. The van der Waals surface area contributed by atoms with Crippen molar-refractivity contribution in [2.45, 2.75) is 46.1 Å². The SMILES string of the molecule is CC[C@H](O)c1ccccc1Oc1ccc(C(C)C)c(C)c1. The van der Waals surface area contributed by atoms with Crippen LogP contribution in [0, 0.1) is 6.92 Å². The topological polar surface area (TPSA) is 29.5 Å². The first-order chi connectivity index (χ1) is 10.0. The van der Waals surface area contributed by atoms with Crippen molar-refractivity contribution in [3.8, 4) is 11.5 Å². The van der Waals surface area contributed by atoms with Crippen molar-refractivity contribution >= 4 is 0 Å². The molecule has 0 bridgehead atoms. The lowest BCUT2D eigenvalue weighted by atomic mass is 9.98. The summed E-state index contributed by atoms with van der Waals surface area (Å²) in [4.78, 5) is 0. The number of hydrogen-bond donors (Lipinski definition) is 1. The van der Waals surface area contributed by atoms with E-state index in [2.05, 4.69) is 32.9 Å². The number of ether oxygens (including phenoxy) is 1. The van der Waals surface area contributed by atoms with Crippen LogP contribution in [0.3, 0.4) is 0 Å². The molecule has 2 nitrogen and oxygen atoms in total. The Morgan fingerprint density at radius 3 is 2.38 bits per heavy atom. The number of benzene rings is 2. The Hall–Kier alpha value is -1.80. The molecular formula is C19H24O2. The molecule has 2 rings (SSSR count). The molecule has 0 aromatic heterocycles. The third-order valence-electron chi connectivity index (χ3n) is 3.76. The smallest absolute Gasteiger partial charge is 0.133 e. The fourth-order valence-electron chi connectivity index (χ4n) is 2.56. The van der Waals surface area contributed by atoms with Gasteiger partial charge in [0.15, 0.2) is 0 Å². The standard InChI is InChI=1S/C19H24O2/c1-5-18(20)17-8-6-7-9-19(17)21-15-10-11-16(13(2)3)14(4)12-15/h6-13,18,20H,5H2,1-4H3/t18-/m0/s1. The molecule has 0 fully saturated rings. The van der Waals surface area contributed by atoms with Crippen molar-refractivity contribution < 1.29 is 9.84 Å². The summed E-state index contributed by atoms with van der Waals surface area (Å²) >= 11 is 0. The Morgan fingerprint density at radius 2 is 1.76 bits per heavy atom. The molecule has 0 aliphatic rings. The van der Waals surface area contributed by atoms with Gasteiger partial charge in [-0.1, -0.05) is 45.0 Å². The average Bonchev–Trinajstić information content (AvgIpc) is 2.46. The summed E-state index contributed by atoms with van der Waals surface area (Å²) in [7, 11) is 0. The zero-order chi connectivity index (χ0) is 15.4. The Bertz CT molecular complexity index is 602. The van der Waals surface area contributed by atoms with Crippen LogP contribution in [0.25, 0.3) is 0 Å². The van der Waals surface area contributed by atoms with E-state index in [-0.39, 0.29) is 0 Å². The highest BCUT2D eigenvalue weighted by Crippen LogP contribution is 2.32. The van der Waals surface area contributed by atoms with E-state index in [4.69, 9.17) is 4.74 Å². The zero-order valence-corrected chi connectivity index (χ0v) is 13.3. The molecule has 0 saturated heterocycles. The van der Waals surface area contributed by atoms with Gasteiger partial charge in [-0.15, -0.1) is 0 Å². The van der Waals surface area contributed by atoms with E-state index in [9.17, 15) is 5.11 Å². The number of rotatable bonds is 5. The molecule has 0 amide bonds. The summed E-state index contributed by atoms with van der Waals surface area (Å²) in [6.45, 7) is 8.45. The molecule has 1 atom stereocenters. The van der Waals surface area contributed by atoms with E-state index in [1.165, 1.54) is 11.1 Å². The molecule has 1 N–H and O–H groups in total. The maximum absolute atomic E-state index is 10.1. The summed E-state index contributed by atoms with van der Waals surface area (Å²) < 4.78 is 5.99. The van der Waals surface area contributed by atoms with Gasteiger partial charge in [0.2, 0.25) is 0 Å². The van der Waals surface area contributed by atoms with E-state index in [1.54, 1.807) is 0 Å². The van der Waals surface area contributed by atoms with Gasteiger partial charge in [0, 0.05) is 5.56 Å². The van der Waals surface area contributed by atoms with Gasteiger partial charge in [0.05, 0.1) is 6.10 Å². The summed E-state index contributed by atoms with van der Waals surface area (Å²) in [5.41, 5.74) is 3.41. The fourth-order valence-corrected chi connectivity index (χ4v) is 2.56. The van der Waals surface area contributed by atoms with Crippen molar-refractivity contribution in [3.05, 3.63) is 59.2 Å². The highest BCUT2D eigenvalue weighted by molar-refractivity contribution is 5.42. The lowest BCUT2D eigenvalue weighted by Crippen LogP contribution is -1.99. The van der Waals surface area contributed by atoms with Crippen molar-refractivity contribution in [3.63, 3.8) is 0 Å². The minimum atomic E-state index is -0.489. The van der Waals surface area contributed by atoms with Crippen LogP contribution in [0.4, 0.5) is 0 Å². The van der Waals surface area contributed by atoms with Crippen LogP contribution < -0.4 is 4.74 Å². The van der Waals surface area contributed by atoms with Gasteiger partial charge in [-0.05, 0) is 48.6 Å². The van der Waals surface area contributed by atoms with Gasteiger partial charge in [-0.3, -0.25) is 0 Å². The third-order valence-corrected chi connectivity index (χ3v) is 3.76. The van der Waals surface area contributed by atoms with E-state index >= 15 is 0 Å². The quantitative estimate of drug-likeness (QED) is 0.801. The van der Waals surface area contributed by atoms with Gasteiger partial charge >= 0.3 is 0 Å². The molecule has 2 aromatic carbocycles. The molecule has 0 heterocycles. The molecular weight excluding hydrogens is 260 g/mol. The second-order valence-corrected chi connectivity index (χ2v) is 5.74. The van der Waals surface area contributed by atoms with Crippen molar-refractivity contribution in [1.29, 1.82) is 0 Å². The molecule has 0 aliphatic carbocycles. The second kappa shape index (κ2) is 6.77. The molecule has 21 heavy (non-hydrogen) atoms. The van der Waals surface area contributed by atoms with Crippen molar-refractivity contribution in [1.82, 2.24) is 0 Å². The minimum Gasteiger partial charge on any atom is -0.457 e. The summed E-state index contributed by atoms with van der Waals surface area (Å²) in [5, 5.41) is 10.1. The van der Waals surface area contributed by atoms with Gasteiger partial charge in [0.25, 0.3) is 0 Å². The monoisotopic (exact) mass is 284 g/mol. The second-order valence-electron chi connectivity index (χ2n) is 5.74. The zero-order valence-electron chi connectivity index (χ0n) is 13.3. The van der Waals surface area contributed by atoms with E-state index < -0.39 is 6.10 Å². The maximum atomic E-state index is 10.1. The first-order valence-electron chi connectivity index (χ1n) is 7.58. The summed E-state index contributed by atoms with van der Waals surface area (Å²) in [6.07, 6.45) is 0.184. The predicted octanol–water partition coefficient (Wildman–Crippen LogP) is 5.35. The Morgan fingerprint density at radius 1 is 1.05 bits per heavy atom. The van der Waals surface area contributed by atoms with Crippen LogP contribution in [0.2, 0.25) is 0 Å². The Kier molecular flexibility index (Phi) is 5.03. The van der Waals surface area contributed by atoms with Crippen molar-refractivity contribution in [2.75, 3.05) is 0 Å². The van der Waals surface area contributed by atoms with Crippen LogP contribution in [0.15, 0.2) is 42.5 Å². The highest BCUT2D eigenvalue weighted by atomic mass is 16.5. The molecule has 2 aromatic rings. The molecule has 0 saturated carbocycles. The number of hydrogen-bond acceptors (Lipinski definition) is 2. The lowest BCUT2D eigenvalue weighted by Gasteiger charge is -2.16. The fraction of sp³-hybridized carbons (Fsp3) is 0.368. The summed E-state index contributed by atoms with van der Waals surface area (Å²) in [5.74, 6) is 2.05. The molecule has 112 valence electrons. The van der Waals surface area contributed by atoms with Crippen LogP contribution in [0.1, 0.15) is 55.9 Å². The number of aryl methyl sites for hydroxylation is 1. The number of aliphatic hydroxyl groups is 1. The van der Waals surface area contributed by atoms with E-state index in [0.717, 1.165) is 17.1 Å². The predicted molar refractivity (Wildman–Crippen MR) is 87.0 cm³/mol. The molecule has 0 unspecified atom stereocenters. The van der Waals surface area contributed by atoms with Gasteiger partial charge in [-0.2, -0.15) is 0 Å². The minimum absolute atomic E-state index is 0.489. The highest BCUT2D eigenvalue weighted by Gasteiger charge is 2.12. The largest absolute Gasteiger partial charge is 0.457 e. The van der Waals surface area contributed by atoms with E-state index in [1.807, 2.05) is 37.3 Å². The maximum Gasteiger partial charge on any atom is 0.133 e. The number of para-hydroxylation sites is 1. The van der Waals surface area contributed by atoms with Gasteiger partial charge in [-0.25, -0.2) is 0 Å². The number of aliphatic hydroxyl groups excluding tert-OH is 1. The normalized spacial score (nSPS) is 12.5. The Labute approximate surface area is 127 Å². The van der Waals surface area contributed by atoms with Gasteiger partial charge in [0.1, 0.15) is 11.5 Å². The average molecular weight is 284 g/mol. The van der Waals surface area contributed by atoms with Gasteiger partial charge < -0.3 is 9.84 Å². The van der Waals surface area contributed by atoms with Crippen LogP contribution in [-0.4, -0.2) is 5.11 Å². The van der Waals surface area contributed by atoms with Crippen molar-refractivity contribution in [2.24, 2.45) is 0 Å². The van der Waals surface area contributed by atoms with Crippen LogP contribution in [-0.2, 0) is 0 Å². The first kappa shape index (κ1) is 15.6. The molecule has 0 aliphatic heterocycles. The van der Waals surface area contributed by atoms with Crippen LogP contribution >= 0.6 is 0 Å². The third kappa shape index (κ3) is 3.64. The summed E-state index contributed by atoms with van der Waals surface area (Å²) in [6, 6.07) is 13.8. The molecule has 0 spiro atoms. The van der Waals surface area contributed by atoms with E-state index in [0.29, 0.717) is 12.3 Å². The first-order valence-corrected chi connectivity index (χ1v) is 7.58. The Balaban J connectivity index is 2.29.